The van der Waals surface area contributed by atoms with Crippen LogP contribution in [0.1, 0.15) is 26.2 Å². The van der Waals surface area contributed by atoms with E-state index in [1.165, 1.54) is 0 Å². The van der Waals surface area contributed by atoms with E-state index in [0.717, 1.165) is 19.1 Å². The van der Waals surface area contributed by atoms with Crippen LogP contribution < -0.4 is 0 Å². The predicted octanol–water partition coefficient (Wildman–Crippen LogP) is 0.942. The zero-order valence-corrected chi connectivity index (χ0v) is 10.5. The van der Waals surface area contributed by atoms with Gasteiger partial charge < -0.3 is 4.74 Å². The highest BCUT2D eigenvalue weighted by Gasteiger charge is 2.26. The Labute approximate surface area is 96.2 Å². The molecule has 1 aliphatic heterocycles. The number of cyclic esters (lactones) is 1. The van der Waals surface area contributed by atoms with Gasteiger partial charge in [0.25, 0.3) is 10.1 Å². The third kappa shape index (κ3) is 4.94. The molecule has 2 atom stereocenters. The molecule has 1 saturated heterocycles. The zero-order chi connectivity index (χ0) is 12.2. The molecule has 1 rings (SSSR count). The Kier molecular flexibility index (Phi) is 4.73. The first kappa shape index (κ1) is 13.4. The van der Waals surface area contributed by atoms with Gasteiger partial charge in [-0.15, -0.1) is 0 Å². The van der Waals surface area contributed by atoms with Crippen LogP contribution in [0.25, 0.3) is 0 Å². The molecule has 0 aromatic carbocycles. The van der Waals surface area contributed by atoms with Crippen molar-refractivity contribution in [3.8, 4) is 0 Å². The van der Waals surface area contributed by atoms with E-state index in [0.29, 0.717) is 13.0 Å². The number of esters is 1. The average molecular weight is 250 g/mol. The fourth-order valence-electron chi connectivity index (χ4n) is 1.76. The largest absolute Gasteiger partial charge is 0.465 e. The minimum atomic E-state index is -3.37. The second kappa shape index (κ2) is 5.63. The van der Waals surface area contributed by atoms with Crippen LogP contribution in [0.15, 0.2) is 0 Å². The molecular weight excluding hydrogens is 232 g/mol. The van der Waals surface area contributed by atoms with E-state index in [1.807, 2.05) is 6.92 Å². The van der Waals surface area contributed by atoms with Crippen molar-refractivity contribution in [2.24, 2.45) is 11.8 Å². The number of rotatable bonds is 6. The third-order valence-electron chi connectivity index (χ3n) is 2.70. The van der Waals surface area contributed by atoms with Gasteiger partial charge in [0.1, 0.15) is 0 Å². The molecule has 0 saturated carbocycles. The van der Waals surface area contributed by atoms with Gasteiger partial charge in [-0.2, -0.15) is 8.42 Å². The first-order valence-electron chi connectivity index (χ1n) is 5.40. The van der Waals surface area contributed by atoms with Crippen LogP contribution in [0.4, 0.5) is 0 Å². The topological polar surface area (TPSA) is 69.7 Å². The number of hydrogen-bond acceptors (Lipinski definition) is 5. The second-order valence-corrected chi connectivity index (χ2v) is 5.90. The van der Waals surface area contributed by atoms with E-state index in [1.54, 1.807) is 0 Å². The molecule has 6 heteroatoms. The first-order valence-corrected chi connectivity index (χ1v) is 7.22. The van der Waals surface area contributed by atoms with Gasteiger partial charge in [-0.05, 0) is 12.3 Å². The smallest absolute Gasteiger partial charge is 0.306 e. The summed E-state index contributed by atoms with van der Waals surface area (Å²) in [5.74, 6) is 0.207. The monoisotopic (exact) mass is 250 g/mol. The van der Waals surface area contributed by atoms with Gasteiger partial charge in [0, 0.05) is 5.92 Å². The molecule has 0 aromatic heterocycles. The predicted molar refractivity (Wildman–Crippen MR) is 58.3 cm³/mol. The lowest BCUT2D eigenvalue weighted by molar-refractivity contribution is -0.137. The van der Waals surface area contributed by atoms with Crippen molar-refractivity contribution < 1.29 is 22.1 Å². The summed E-state index contributed by atoms with van der Waals surface area (Å²) >= 11 is 0. The van der Waals surface area contributed by atoms with E-state index in [-0.39, 0.29) is 24.4 Å². The minimum Gasteiger partial charge on any atom is -0.465 e. The Bertz CT molecular complexity index is 335. The highest BCUT2D eigenvalue weighted by Crippen LogP contribution is 2.24. The summed E-state index contributed by atoms with van der Waals surface area (Å²) in [6.07, 6.45) is 3.09. The van der Waals surface area contributed by atoms with Gasteiger partial charge >= 0.3 is 5.97 Å². The fraction of sp³-hybridized carbons (Fsp3) is 0.900. The molecule has 0 N–H and O–H groups in total. The van der Waals surface area contributed by atoms with Gasteiger partial charge in [0.05, 0.1) is 25.9 Å². The summed E-state index contributed by atoms with van der Waals surface area (Å²) in [7, 11) is -3.37. The summed E-state index contributed by atoms with van der Waals surface area (Å²) in [5.41, 5.74) is 0. The summed E-state index contributed by atoms with van der Waals surface area (Å²) in [4.78, 5) is 10.9. The van der Waals surface area contributed by atoms with Crippen molar-refractivity contribution in [2.45, 2.75) is 26.2 Å². The van der Waals surface area contributed by atoms with E-state index in [9.17, 15) is 13.2 Å². The van der Waals surface area contributed by atoms with Gasteiger partial charge in [-0.3, -0.25) is 8.98 Å². The molecule has 1 fully saturated rings. The highest BCUT2D eigenvalue weighted by molar-refractivity contribution is 7.85. The van der Waals surface area contributed by atoms with Gasteiger partial charge in [0.2, 0.25) is 0 Å². The summed E-state index contributed by atoms with van der Waals surface area (Å²) in [6, 6.07) is 0. The molecule has 16 heavy (non-hydrogen) atoms. The molecule has 0 unspecified atom stereocenters. The van der Waals surface area contributed by atoms with Crippen LogP contribution in [0.3, 0.4) is 0 Å². The molecule has 0 radical (unpaired) electrons. The van der Waals surface area contributed by atoms with Crippen molar-refractivity contribution in [1.82, 2.24) is 0 Å². The van der Waals surface area contributed by atoms with E-state index >= 15 is 0 Å². The van der Waals surface area contributed by atoms with Crippen molar-refractivity contribution in [1.29, 1.82) is 0 Å². The van der Waals surface area contributed by atoms with E-state index < -0.39 is 10.1 Å². The average Bonchev–Trinajstić information content (AvgIpc) is 2.57. The standard InChI is InChI=1S/C10H18O5S/c1-3-8(7-15-16(2,12)13)4-9-5-10(11)14-6-9/h8-9H,3-7H2,1-2H3/t8-,9-/m1/s1. The van der Waals surface area contributed by atoms with Gasteiger partial charge in [-0.25, -0.2) is 0 Å². The van der Waals surface area contributed by atoms with Crippen molar-refractivity contribution in [2.75, 3.05) is 19.5 Å². The van der Waals surface area contributed by atoms with Crippen LogP contribution in [-0.2, 0) is 23.8 Å². The molecule has 0 spiro atoms. The number of carbonyl (C=O) groups is 1. The molecular formula is C10H18O5S. The number of hydrogen-bond donors (Lipinski definition) is 0. The van der Waals surface area contributed by atoms with Crippen LogP contribution in [0.5, 0.6) is 0 Å². The van der Waals surface area contributed by atoms with E-state index in [2.05, 4.69) is 0 Å². The molecule has 94 valence electrons. The van der Waals surface area contributed by atoms with Crippen LogP contribution in [0, 0.1) is 11.8 Å². The first-order chi connectivity index (χ1) is 7.40. The molecule has 1 heterocycles. The lowest BCUT2D eigenvalue weighted by Gasteiger charge is -2.16. The Morgan fingerprint density at radius 1 is 1.56 bits per heavy atom. The zero-order valence-electron chi connectivity index (χ0n) is 9.64. The lowest BCUT2D eigenvalue weighted by Crippen LogP contribution is -2.16. The number of carbonyl (C=O) groups excluding carboxylic acids is 1. The molecule has 0 aromatic rings. The Morgan fingerprint density at radius 2 is 2.25 bits per heavy atom. The number of ether oxygens (including phenoxy) is 1. The van der Waals surface area contributed by atoms with Crippen LogP contribution >= 0.6 is 0 Å². The maximum absolute atomic E-state index is 10.9. The molecule has 0 amide bonds. The molecule has 0 aliphatic carbocycles. The quantitative estimate of drug-likeness (QED) is 0.518. The molecule has 1 aliphatic rings. The lowest BCUT2D eigenvalue weighted by atomic mass is 9.93. The van der Waals surface area contributed by atoms with E-state index in [4.69, 9.17) is 8.92 Å². The van der Waals surface area contributed by atoms with Crippen LogP contribution in [-0.4, -0.2) is 33.9 Å². The Balaban J connectivity index is 2.34. The highest BCUT2D eigenvalue weighted by atomic mass is 32.2. The minimum absolute atomic E-state index is 0.161. The summed E-state index contributed by atoms with van der Waals surface area (Å²) in [6.45, 7) is 2.63. The normalized spacial score (nSPS) is 23.1. The van der Waals surface area contributed by atoms with Crippen molar-refractivity contribution in [3.63, 3.8) is 0 Å². The van der Waals surface area contributed by atoms with Gasteiger partial charge in [-0.1, -0.05) is 13.3 Å². The third-order valence-corrected chi connectivity index (χ3v) is 3.26. The SMILES string of the molecule is CC[C@@H](COS(C)(=O)=O)C[C@H]1COC(=O)C1. The Hall–Kier alpha value is -0.620. The molecule has 5 nitrogen and oxygen atoms in total. The van der Waals surface area contributed by atoms with Crippen molar-refractivity contribution >= 4 is 16.1 Å². The Morgan fingerprint density at radius 3 is 2.69 bits per heavy atom. The molecule has 0 bridgehead atoms. The maximum atomic E-state index is 10.9. The fourth-order valence-corrected chi connectivity index (χ4v) is 2.20. The maximum Gasteiger partial charge on any atom is 0.306 e. The summed E-state index contributed by atoms with van der Waals surface area (Å²) in [5, 5.41) is 0. The van der Waals surface area contributed by atoms with Crippen LogP contribution in [0.2, 0.25) is 0 Å². The summed E-state index contributed by atoms with van der Waals surface area (Å²) < 4.78 is 31.3. The van der Waals surface area contributed by atoms with Crippen molar-refractivity contribution in [3.05, 3.63) is 0 Å². The van der Waals surface area contributed by atoms with Gasteiger partial charge in [0.15, 0.2) is 0 Å². The second-order valence-electron chi connectivity index (χ2n) is 4.25.